The van der Waals surface area contributed by atoms with E-state index in [1.54, 1.807) is 12.1 Å². The Hall–Kier alpha value is -1.62. The molecule has 1 aromatic heterocycles. The van der Waals surface area contributed by atoms with Crippen LogP contribution in [0.5, 0.6) is 0 Å². The average molecular weight is 277 g/mol. The van der Waals surface area contributed by atoms with Crippen LogP contribution in [0.25, 0.3) is 0 Å². The van der Waals surface area contributed by atoms with Crippen LogP contribution in [-0.4, -0.2) is 34.4 Å². The van der Waals surface area contributed by atoms with Gasteiger partial charge in [-0.25, -0.2) is 0 Å². The summed E-state index contributed by atoms with van der Waals surface area (Å²) in [5.74, 6) is -0.0787. The first-order chi connectivity index (χ1) is 9.61. The highest BCUT2D eigenvalue weighted by atomic mass is 16.2. The molecule has 1 heterocycles. The van der Waals surface area contributed by atoms with Crippen LogP contribution >= 0.6 is 0 Å². The molecular weight excluding hydrogens is 254 g/mol. The van der Waals surface area contributed by atoms with Crippen LogP contribution in [0.4, 0.5) is 0 Å². The van der Waals surface area contributed by atoms with Gasteiger partial charge in [-0.2, -0.15) is 0 Å². The monoisotopic (exact) mass is 277 g/mol. The van der Waals surface area contributed by atoms with E-state index < -0.39 is 0 Å². The normalized spacial score (nSPS) is 22.5. The van der Waals surface area contributed by atoms with Gasteiger partial charge in [0.25, 0.3) is 5.91 Å². The van der Waals surface area contributed by atoms with E-state index in [2.05, 4.69) is 11.9 Å². The quantitative estimate of drug-likeness (QED) is 0.875. The lowest BCUT2D eigenvalue weighted by Gasteiger charge is -2.36. The highest BCUT2D eigenvalue weighted by Gasteiger charge is 2.28. The van der Waals surface area contributed by atoms with Crippen molar-refractivity contribution in [3.8, 4) is 0 Å². The van der Waals surface area contributed by atoms with Crippen LogP contribution in [0.1, 0.15) is 49.5 Å². The second-order valence-electron chi connectivity index (χ2n) is 5.50. The summed E-state index contributed by atoms with van der Waals surface area (Å²) in [5, 5.41) is 0. The van der Waals surface area contributed by atoms with Gasteiger partial charge in [-0.3, -0.25) is 9.59 Å². The lowest BCUT2D eigenvalue weighted by molar-refractivity contribution is 0.0620. The summed E-state index contributed by atoms with van der Waals surface area (Å²) >= 11 is 0. The maximum absolute atomic E-state index is 12.6. The number of nitrogens with one attached hydrogen (secondary N) is 1. The van der Waals surface area contributed by atoms with Crippen LogP contribution in [-0.2, 0) is 0 Å². The van der Waals surface area contributed by atoms with Gasteiger partial charge in [0, 0.05) is 24.7 Å². The molecule has 110 valence electrons. The molecule has 20 heavy (non-hydrogen) atoms. The molecule has 5 heteroatoms. The van der Waals surface area contributed by atoms with Gasteiger partial charge in [0.2, 0.25) is 5.56 Å². The van der Waals surface area contributed by atoms with Crippen molar-refractivity contribution in [3.05, 3.63) is 34.2 Å². The Labute approximate surface area is 119 Å². The molecule has 1 aromatic rings. The van der Waals surface area contributed by atoms with Crippen molar-refractivity contribution in [1.29, 1.82) is 0 Å². The van der Waals surface area contributed by atoms with E-state index in [-0.39, 0.29) is 23.6 Å². The summed E-state index contributed by atoms with van der Waals surface area (Å²) in [4.78, 5) is 28.5. The Balaban J connectivity index is 2.15. The van der Waals surface area contributed by atoms with Gasteiger partial charge in [-0.05, 0) is 38.2 Å². The molecule has 1 aliphatic carbocycles. The first kappa shape index (κ1) is 14.8. The number of aromatic nitrogens is 1. The Bertz CT molecular complexity index is 504. The number of rotatable bonds is 4. The number of nitrogens with two attached hydrogens (primary N) is 1. The maximum atomic E-state index is 12.6. The van der Waals surface area contributed by atoms with Crippen molar-refractivity contribution in [3.63, 3.8) is 0 Å². The van der Waals surface area contributed by atoms with Crippen molar-refractivity contribution in [2.45, 2.75) is 51.1 Å². The predicted molar refractivity (Wildman–Crippen MR) is 78.6 cm³/mol. The summed E-state index contributed by atoms with van der Waals surface area (Å²) in [7, 11) is 0. The lowest BCUT2D eigenvalue weighted by Crippen LogP contribution is -2.45. The third-order valence-corrected chi connectivity index (χ3v) is 3.91. The maximum Gasteiger partial charge on any atom is 0.270 e. The number of hydrogen-bond donors (Lipinski definition) is 2. The second-order valence-corrected chi connectivity index (χ2v) is 5.50. The zero-order chi connectivity index (χ0) is 14.5. The minimum atomic E-state index is -0.238. The number of pyridine rings is 1. The molecule has 0 saturated heterocycles. The molecule has 1 amide bonds. The summed E-state index contributed by atoms with van der Waals surface area (Å²) in [5.41, 5.74) is 6.06. The van der Waals surface area contributed by atoms with Gasteiger partial charge >= 0.3 is 0 Å². The third kappa shape index (κ3) is 3.48. The molecule has 1 aliphatic rings. The number of nitrogens with zero attached hydrogens (tertiary/aromatic N) is 1. The molecule has 0 unspecified atom stereocenters. The summed E-state index contributed by atoms with van der Waals surface area (Å²) in [6.45, 7) is 2.78. The van der Waals surface area contributed by atoms with Gasteiger partial charge in [0.15, 0.2) is 0 Å². The number of aromatic amines is 1. The number of hydrogen-bond acceptors (Lipinski definition) is 3. The molecule has 0 atom stereocenters. The molecular formula is C15H23N3O2. The lowest BCUT2D eigenvalue weighted by atomic mass is 9.90. The van der Waals surface area contributed by atoms with Gasteiger partial charge in [0.1, 0.15) is 5.69 Å². The summed E-state index contributed by atoms with van der Waals surface area (Å²) < 4.78 is 0. The van der Waals surface area contributed by atoms with E-state index in [1.807, 2.05) is 4.90 Å². The Kier molecular flexibility index (Phi) is 4.95. The summed E-state index contributed by atoms with van der Waals surface area (Å²) in [6.07, 6.45) is 4.73. The van der Waals surface area contributed by atoms with Crippen molar-refractivity contribution < 1.29 is 4.79 Å². The van der Waals surface area contributed by atoms with E-state index in [1.165, 1.54) is 6.07 Å². The highest BCUT2D eigenvalue weighted by Crippen LogP contribution is 2.23. The molecule has 0 aromatic carbocycles. The topological polar surface area (TPSA) is 79.2 Å². The molecule has 5 nitrogen and oxygen atoms in total. The van der Waals surface area contributed by atoms with Crippen molar-refractivity contribution >= 4 is 5.91 Å². The minimum Gasteiger partial charge on any atom is -0.334 e. The predicted octanol–water partition coefficient (Wildman–Crippen LogP) is 1.50. The highest BCUT2D eigenvalue weighted by molar-refractivity contribution is 5.92. The Morgan fingerprint density at radius 2 is 2.05 bits per heavy atom. The first-order valence-electron chi connectivity index (χ1n) is 7.37. The minimum absolute atomic E-state index is 0.0787. The van der Waals surface area contributed by atoms with Crippen molar-refractivity contribution in [2.24, 2.45) is 5.73 Å². The summed E-state index contributed by atoms with van der Waals surface area (Å²) in [6, 6.07) is 5.21. The molecule has 0 bridgehead atoms. The molecule has 2 rings (SSSR count). The number of carbonyl (C=O) groups is 1. The van der Waals surface area contributed by atoms with Crippen LogP contribution in [0.2, 0.25) is 0 Å². The standard InChI is InChI=1S/C15H23N3O2/c1-2-10-18(12-8-6-11(16)7-9-12)15(20)13-4-3-5-14(19)17-13/h3-5,11-12H,2,6-10,16H2,1H3,(H,17,19). The molecule has 1 saturated carbocycles. The second kappa shape index (κ2) is 6.70. The zero-order valence-corrected chi connectivity index (χ0v) is 12.0. The van der Waals surface area contributed by atoms with Gasteiger partial charge in [-0.1, -0.05) is 13.0 Å². The molecule has 0 spiro atoms. The molecule has 3 N–H and O–H groups in total. The third-order valence-electron chi connectivity index (χ3n) is 3.91. The van der Waals surface area contributed by atoms with E-state index in [4.69, 9.17) is 5.73 Å². The van der Waals surface area contributed by atoms with Crippen LogP contribution in [0, 0.1) is 0 Å². The number of H-pyrrole nitrogens is 1. The average Bonchev–Trinajstić information content (AvgIpc) is 2.45. The number of carbonyl (C=O) groups excluding carboxylic acids is 1. The zero-order valence-electron chi connectivity index (χ0n) is 12.0. The Morgan fingerprint density at radius 1 is 1.35 bits per heavy atom. The fourth-order valence-electron chi connectivity index (χ4n) is 2.83. The van der Waals surface area contributed by atoms with Gasteiger partial charge < -0.3 is 15.6 Å². The first-order valence-corrected chi connectivity index (χ1v) is 7.37. The van der Waals surface area contributed by atoms with Crippen LogP contribution in [0.3, 0.4) is 0 Å². The van der Waals surface area contributed by atoms with E-state index >= 15 is 0 Å². The van der Waals surface area contributed by atoms with E-state index in [0.717, 1.165) is 38.6 Å². The molecule has 1 fully saturated rings. The SMILES string of the molecule is CCCN(C(=O)c1cccc(=O)[nH]1)C1CCC(N)CC1. The fraction of sp³-hybridized carbons (Fsp3) is 0.600. The molecule has 0 radical (unpaired) electrons. The fourth-order valence-corrected chi connectivity index (χ4v) is 2.83. The molecule has 0 aliphatic heterocycles. The number of amides is 1. The van der Waals surface area contributed by atoms with E-state index in [9.17, 15) is 9.59 Å². The van der Waals surface area contributed by atoms with Crippen molar-refractivity contribution in [1.82, 2.24) is 9.88 Å². The van der Waals surface area contributed by atoms with Crippen LogP contribution in [0.15, 0.2) is 23.0 Å². The van der Waals surface area contributed by atoms with Gasteiger partial charge in [0.05, 0.1) is 0 Å². The smallest absolute Gasteiger partial charge is 0.270 e. The van der Waals surface area contributed by atoms with Gasteiger partial charge in [-0.15, -0.1) is 0 Å². The largest absolute Gasteiger partial charge is 0.334 e. The van der Waals surface area contributed by atoms with Crippen molar-refractivity contribution in [2.75, 3.05) is 6.54 Å². The Morgan fingerprint density at radius 3 is 2.65 bits per heavy atom. The van der Waals surface area contributed by atoms with E-state index in [0.29, 0.717) is 5.69 Å². The van der Waals surface area contributed by atoms with Crippen LogP contribution < -0.4 is 11.3 Å².